The average molecular weight is 265 g/mol. The van der Waals surface area contributed by atoms with Gasteiger partial charge in [0, 0.05) is 26.7 Å². The summed E-state index contributed by atoms with van der Waals surface area (Å²) in [6, 6.07) is 0. The van der Waals surface area contributed by atoms with Crippen molar-refractivity contribution in [1.82, 2.24) is 10.2 Å². The van der Waals surface area contributed by atoms with Gasteiger partial charge in [-0.25, -0.2) is 0 Å². The monoisotopic (exact) mass is 265 g/mol. The van der Waals surface area contributed by atoms with Crippen LogP contribution in [0.2, 0.25) is 0 Å². The molecule has 0 radical (unpaired) electrons. The van der Waals surface area contributed by atoms with Crippen LogP contribution in [0.15, 0.2) is 4.99 Å². The first-order chi connectivity index (χ1) is 9.19. The Morgan fingerprint density at radius 3 is 2.32 bits per heavy atom. The van der Waals surface area contributed by atoms with Gasteiger partial charge in [-0.05, 0) is 50.4 Å². The Kier molecular flexibility index (Phi) is 5.53. The third-order valence-corrected chi connectivity index (χ3v) is 4.56. The zero-order chi connectivity index (χ0) is 13.7. The summed E-state index contributed by atoms with van der Waals surface area (Å²) in [5, 5.41) is 3.44. The van der Waals surface area contributed by atoms with Crippen molar-refractivity contribution in [2.24, 2.45) is 22.7 Å². The average Bonchev–Trinajstić information content (AvgIpc) is 3.21. The molecule has 0 amide bonds. The number of guanidine groups is 1. The van der Waals surface area contributed by atoms with Gasteiger partial charge in [-0.3, -0.25) is 4.99 Å². The zero-order valence-corrected chi connectivity index (χ0v) is 13.0. The van der Waals surface area contributed by atoms with E-state index in [2.05, 4.69) is 31.1 Å². The Bertz CT molecular complexity index is 288. The molecule has 2 rings (SSSR count). The van der Waals surface area contributed by atoms with Crippen molar-refractivity contribution in [2.45, 2.75) is 52.4 Å². The number of nitrogens with one attached hydrogen (secondary N) is 1. The van der Waals surface area contributed by atoms with Gasteiger partial charge in [0.2, 0.25) is 0 Å². The molecule has 0 aromatic rings. The lowest BCUT2D eigenvalue weighted by atomic mass is 9.83. The van der Waals surface area contributed by atoms with E-state index in [0.29, 0.717) is 0 Å². The summed E-state index contributed by atoms with van der Waals surface area (Å²) < 4.78 is 0. The van der Waals surface area contributed by atoms with Crippen LogP contribution in [0.4, 0.5) is 0 Å². The van der Waals surface area contributed by atoms with Crippen LogP contribution in [0, 0.1) is 17.8 Å². The highest BCUT2D eigenvalue weighted by atomic mass is 15.3. The van der Waals surface area contributed by atoms with Crippen LogP contribution in [0.5, 0.6) is 0 Å². The molecule has 1 N–H and O–H groups in total. The van der Waals surface area contributed by atoms with E-state index < -0.39 is 0 Å². The van der Waals surface area contributed by atoms with Crippen molar-refractivity contribution in [3.05, 3.63) is 0 Å². The fraction of sp³-hybridized carbons (Fsp3) is 0.938. The number of rotatable bonds is 5. The molecular formula is C16H31N3. The van der Waals surface area contributed by atoms with Crippen molar-refractivity contribution in [1.29, 1.82) is 0 Å². The van der Waals surface area contributed by atoms with Crippen LogP contribution in [-0.4, -0.2) is 37.5 Å². The summed E-state index contributed by atoms with van der Waals surface area (Å²) in [6.45, 7) is 7.71. The number of nitrogens with zero attached hydrogens (tertiary/aromatic N) is 2. The van der Waals surface area contributed by atoms with Gasteiger partial charge in [-0.1, -0.05) is 19.8 Å². The van der Waals surface area contributed by atoms with E-state index in [1.165, 1.54) is 45.1 Å². The minimum Gasteiger partial charge on any atom is -0.357 e. The normalized spacial score (nSPS) is 28.3. The predicted molar refractivity (Wildman–Crippen MR) is 82.5 cm³/mol. The van der Waals surface area contributed by atoms with Crippen LogP contribution in [0.25, 0.3) is 0 Å². The Morgan fingerprint density at radius 2 is 1.74 bits per heavy atom. The van der Waals surface area contributed by atoms with E-state index in [4.69, 9.17) is 4.99 Å². The molecule has 0 heterocycles. The van der Waals surface area contributed by atoms with Gasteiger partial charge in [-0.2, -0.15) is 0 Å². The molecule has 3 nitrogen and oxygen atoms in total. The van der Waals surface area contributed by atoms with Crippen molar-refractivity contribution >= 4 is 5.96 Å². The van der Waals surface area contributed by atoms with Crippen LogP contribution in [0.3, 0.4) is 0 Å². The summed E-state index contributed by atoms with van der Waals surface area (Å²) in [4.78, 5) is 7.14. The molecule has 0 atom stereocenters. The molecule has 0 spiro atoms. The first-order valence-corrected chi connectivity index (χ1v) is 8.18. The molecule has 110 valence electrons. The maximum absolute atomic E-state index is 4.79. The van der Waals surface area contributed by atoms with Gasteiger partial charge in [0.1, 0.15) is 0 Å². The number of hydrogen-bond acceptors (Lipinski definition) is 1. The van der Waals surface area contributed by atoms with Crippen LogP contribution >= 0.6 is 0 Å². The third-order valence-electron chi connectivity index (χ3n) is 4.56. The number of hydrogen-bond donors (Lipinski definition) is 1. The Balaban J connectivity index is 1.80. The van der Waals surface area contributed by atoms with Crippen LogP contribution < -0.4 is 5.32 Å². The van der Waals surface area contributed by atoms with E-state index in [1.54, 1.807) is 0 Å². The fourth-order valence-electron chi connectivity index (χ4n) is 2.97. The van der Waals surface area contributed by atoms with Gasteiger partial charge in [-0.15, -0.1) is 0 Å². The highest BCUT2D eigenvalue weighted by Gasteiger charge is 2.23. The molecule has 0 saturated heterocycles. The lowest BCUT2D eigenvalue weighted by Crippen LogP contribution is -2.42. The van der Waals surface area contributed by atoms with E-state index in [1.807, 2.05) is 0 Å². The Hall–Kier alpha value is -0.730. The summed E-state index contributed by atoms with van der Waals surface area (Å²) in [7, 11) is 2.20. The zero-order valence-electron chi connectivity index (χ0n) is 13.0. The highest BCUT2D eigenvalue weighted by molar-refractivity contribution is 5.79. The summed E-state index contributed by atoms with van der Waals surface area (Å²) >= 11 is 0. The predicted octanol–water partition coefficient (Wildman–Crippen LogP) is 3.12. The molecule has 0 aliphatic heterocycles. The molecule has 19 heavy (non-hydrogen) atoms. The lowest BCUT2D eigenvalue weighted by molar-refractivity contribution is 0.250. The van der Waals surface area contributed by atoms with Crippen molar-refractivity contribution in [3.63, 3.8) is 0 Å². The molecular weight excluding hydrogens is 234 g/mol. The molecule has 2 saturated carbocycles. The van der Waals surface area contributed by atoms with Gasteiger partial charge >= 0.3 is 0 Å². The van der Waals surface area contributed by atoms with E-state index in [9.17, 15) is 0 Å². The quantitative estimate of drug-likeness (QED) is 0.611. The van der Waals surface area contributed by atoms with Crippen molar-refractivity contribution in [2.75, 3.05) is 26.7 Å². The SMILES string of the molecule is CCNC(=NCC1CC1)N(C)CC1CCC(C)CC1. The maximum atomic E-state index is 4.79. The first-order valence-electron chi connectivity index (χ1n) is 8.18. The summed E-state index contributed by atoms with van der Waals surface area (Å²) in [5.41, 5.74) is 0. The molecule has 0 unspecified atom stereocenters. The summed E-state index contributed by atoms with van der Waals surface area (Å²) in [6.07, 6.45) is 8.38. The Morgan fingerprint density at radius 1 is 1.11 bits per heavy atom. The fourth-order valence-corrected chi connectivity index (χ4v) is 2.97. The maximum Gasteiger partial charge on any atom is 0.193 e. The van der Waals surface area contributed by atoms with Gasteiger partial charge < -0.3 is 10.2 Å². The van der Waals surface area contributed by atoms with Crippen LogP contribution in [0.1, 0.15) is 52.4 Å². The topological polar surface area (TPSA) is 27.6 Å². The second kappa shape index (κ2) is 7.16. The molecule has 3 heteroatoms. The minimum absolute atomic E-state index is 0.867. The second-order valence-electron chi connectivity index (χ2n) is 6.64. The van der Waals surface area contributed by atoms with E-state index in [-0.39, 0.29) is 0 Å². The van der Waals surface area contributed by atoms with Crippen molar-refractivity contribution in [3.8, 4) is 0 Å². The molecule has 2 aliphatic carbocycles. The van der Waals surface area contributed by atoms with E-state index in [0.717, 1.165) is 36.8 Å². The largest absolute Gasteiger partial charge is 0.357 e. The standard InChI is InChI=1S/C16H31N3/c1-4-17-16(18-11-14-9-10-14)19(3)12-15-7-5-13(2)6-8-15/h13-15H,4-12H2,1-3H3,(H,17,18). The van der Waals surface area contributed by atoms with Crippen molar-refractivity contribution < 1.29 is 0 Å². The van der Waals surface area contributed by atoms with Gasteiger partial charge in [0.05, 0.1) is 0 Å². The first kappa shape index (κ1) is 14.7. The molecule has 2 aliphatic rings. The summed E-state index contributed by atoms with van der Waals surface area (Å²) in [5.74, 6) is 3.80. The molecule has 0 bridgehead atoms. The third kappa shape index (κ3) is 5.04. The molecule has 2 fully saturated rings. The van der Waals surface area contributed by atoms with Gasteiger partial charge in [0.15, 0.2) is 5.96 Å². The lowest BCUT2D eigenvalue weighted by Gasteiger charge is -2.31. The van der Waals surface area contributed by atoms with Gasteiger partial charge in [0.25, 0.3) is 0 Å². The number of aliphatic imine (C=N–C) groups is 1. The second-order valence-corrected chi connectivity index (χ2v) is 6.64. The Labute approximate surface area is 118 Å². The molecule has 0 aromatic carbocycles. The molecule has 0 aromatic heterocycles. The highest BCUT2D eigenvalue weighted by Crippen LogP contribution is 2.30. The minimum atomic E-state index is 0.867. The van der Waals surface area contributed by atoms with Crippen LogP contribution in [-0.2, 0) is 0 Å². The smallest absolute Gasteiger partial charge is 0.193 e. The van der Waals surface area contributed by atoms with E-state index >= 15 is 0 Å².